The summed E-state index contributed by atoms with van der Waals surface area (Å²) in [4.78, 5) is 10.8. The lowest BCUT2D eigenvalue weighted by atomic mass is 9.70. The fourth-order valence-corrected chi connectivity index (χ4v) is 9.89. The predicted octanol–water partition coefficient (Wildman–Crippen LogP) is 13.8. The largest absolute Gasteiger partial charge is 0.248 e. The molecule has 0 radical (unpaired) electrons. The molecule has 10 aromatic rings. The number of nitrogens with zero attached hydrogens (tertiary/aromatic N) is 2. The van der Waals surface area contributed by atoms with Crippen molar-refractivity contribution in [1.82, 2.24) is 9.97 Å². The van der Waals surface area contributed by atoms with Crippen molar-refractivity contribution in [3.63, 3.8) is 0 Å². The van der Waals surface area contributed by atoms with Gasteiger partial charge in [0.15, 0.2) is 0 Å². The predicted molar refractivity (Wildman–Crippen MR) is 235 cm³/mol. The number of fused-ring (bicyclic) bond motifs is 14. The summed E-state index contributed by atoms with van der Waals surface area (Å²) in [5.41, 5.74) is 19.4. The van der Waals surface area contributed by atoms with E-state index in [0.717, 1.165) is 55.8 Å². The average molecular weight is 723 g/mol. The standard InChI is InChI=1S/C55H34N2/c1-3-16-35(17-4-1)50-33-39(34-51(56-50)36-18-5-2-6-19-36)37-20-15-21-38(32-37)54-53-43(42-24-10-14-29-49(42)57-54)30-31-48-52(53)44-25-9-13-28-47(44)55(48)45-26-11-7-22-40(45)41-23-8-12-27-46(41)55/h1-34H. The summed E-state index contributed by atoms with van der Waals surface area (Å²) in [5.74, 6) is 0. The maximum Gasteiger partial charge on any atom is 0.0794 e. The number of para-hydroxylation sites is 1. The van der Waals surface area contributed by atoms with Crippen molar-refractivity contribution in [2.24, 2.45) is 0 Å². The summed E-state index contributed by atoms with van der Waals surface area (Å²) in [7, 11) is 0. The third kappa shape index (κ3) is 4.59. The molecule has 0 fully saturated rings. The number of pyridine rings is 2. The van der Waals surface area contributed by atoms with E-state index in [1.54, 1.807) is 0 Å². The third-order valence-corrected chi connectivity index (χ3v) is 12.3. The van der Waals surface area contributed by atoms with Crippen LogP contribution in [0.25, 0.3) is 88.8 Å². The molecule has 0 aliphatic heterocycles. The summed E-state index contributed by atoms with van der Waals surface area (Å²) >= 11 is 0. The van der Waals surface area contributed by atoms with Crippen LogP contribution >= 0.6 is 0 Å². The first kappa shape index (κ1) is 31.9. The molecule has 0 bridgehead atoms. The Labute approximate surface area is 331 Å². The van der Waals surface area contributed by atoms with E-state index in [1.807, 2.05) is 0 Å². The van der Waals surface area contributed by atoms with E-state index < -0.39 is 5.41 Å². The van der Waals surface area contributed by atoms with Gasteiger partial charge in [0.2, 0.25) is 0 Å². The van der Waals surface area contributed by atoms with Crippen molar-refractivity contribution in [2.45, 2.75) is 5.41 Å². The van der Waals surface area contributed by atoms with Crippen LogP contribution in [0.1, 0.15) is 22.3 Å². The van der Waals surface area contributed by atoms with Gasteiger partial charge in [0, 0.05) is 27.5 Å². The SMILES string of the molecule is c1ccc(-c2cc(-c3cccc(-c4nc5ccccc5c5ccc6c(c45)-c4ccccc4C64c5ccccc5-c5ccccc54)c3)cc(-c3ccccc3)n2)cc1. The maximum atomic E-state index is 5.58. The van der Waals surface area contributed by atoms with Crippen molar-refractivity contribution in [2.75, 3.05) is 0 Å². The fourth-order valence-electron chi connectivity index (χ4n) is 9.89. The Kier molecular flexibility index (Phi) is 6.88. The Morgan fingerprint density at radius 3 is 1.51 bits per heavy atom. The highest BCUT2D eigenvalue weighted by atomic mass is 14.7. The van der Waals surface area contributed by atoms with Gasteiger partial charge in [-0.25, -0.2) is 9.97 Å². The van der Waals surface area contributed by atoms with Gasteiger partial charge >= 0.3 is 0 Å². The van der Waals surface area contributed by atoms with Gasteiger partial charge in [-0.1, -0.05) is 182 Å². The molecule has 264 valence electrons. The Bertz CT molecular complexity index is 3130. The molecule has 0 atom stereocenters. The third-order valence-electron chi connectivity index (χ3n) is 12.3. The van der Waals surface area contributed by atoms with Gasteiger partial charge in [-0.2, -0.15) is 0 Å². The Morgan fingerprint density at radius 2 is 0.842 bits per heavy atom. The summed E-state index contributed by atoms with van der Waals surface area (Å²) in [6.07, 6.45) is 0. The molecule has 12 rings (SSSR count). The van der Waals surface area contributed by atoms with Crippen molar-refractivity contribution in [3.8, 4) is 67.2 Å². The number of rotatable bonds is 4. The van der Waals surface area contributed by atoms with E-state index in [-0.39, 0.29) is 0 Å². The first-order valence-electron chi connectivity index (χ1n) is 19.7. The molecule has 0 unspecified atom stereocenters. The minimum absolute atomic E-state index is 0.434. The zero-order valence-corrected chi connectivity index (χ0v) is 31.0. The van der Waals surface area contributed by atoms with Crippen LogP contribution in [0.2, 0.25) is 0 Å². The molecule has 0 N–H and O–H groups in total. The van der Waals surface area contributed by atoms with Crippen molar-refractivity contribution < 1.29 is 0 Å². The first-order chi connectivity index (χ1) is 28.3. The highest BCUT2D eigenvalue weighted by Crippen LogP contribution is 2.64. The number of benzene rings is 8. The molecule has 2 heteroatoms. The van der Waals surface area contributed by atoms with Gasteiger partial charge in [0.05, 0.1) is 28.0 Å². The molecule has 0 saturated heterocycles. The van der Waals surface area contributed by atoms with Gasteiger partial charge in [0.25, 0.3) is 0 Å². The van der Waals surface area contributed by atoms with Crippen LogP contribution in [0.3, 0.4) is 0 Å². The molecule has 2 nitrogen and oxygen atoms in total. The minimum Gasteiger partial charge on any atom is -0.248 e. The van der Waals surface area contributed by atoms with E-state index >= 15 is 0 Å². The number of hydrogen-bond donors (Lipinski definition) is 0. The van der Waals surface area contributed by atoms with E-state index in [9.17, 15) is 0 Å². The monoisotopic (exact) mass is 722 g/mol. The molecule has 8 aromatic carbocycles. The van der Waals surface area contributed by atoms with Gasteiger partial charge < -0.3 is 0 Å². The molecule has 57 heavy (non-hydrogen) atoms. The zero-order valence-electron chi connectivity index (χ0n) is 31.0. The summed E-state index contributed by atoms with van der Waals surface area (Å²) in [6, 6.07) is 74.8. The second-order valence-electron chi connectivity index (χ2n) is 15.2. The maximum absolute atomic E-state index is 5.58. The highest BCUT2D eigenvalue weighted by Gasteiger charge is 2.52. The van der Waals surface area contributed by atoms with Crippen LogP contribution in [-0.4, -0.2) is 9.97 Å². The molecule has 0 saturated carbocycles. The van der Waals surface area contributed by atoms with E-state index in [4.69, 9.17) is 9.97 Å². The molecular formula is C55H34N2. The van der Waals surface area contributed by atoms with E-state index in [0.29, 0.717) is 0 Å². The first-order valence-corrected chi connectivity index (χ1v) is 19.7. The van der Waals surface area contributed by atoms with E-state index in [2.05, 4.69) is 206 Å². The van der Waals surface area contributed by atoms with Crippen LogP contribution < -0.4 is 0 Å². The van der Waals surface area contributed by atoms with Crippen LogP contribution in [0.15, 0.2) is 206 Å². The van der Waals surface area contributed by atoms with E-state index in [1.165, 1.54) is 55.3 Å². The number of aromatic nitrogens is 2. The fraction of sp³-hybridized carbons (Fsp3) is 0.0182. The van der Waals surface area contributed by atoms with Crippen molar-refractivity contribution >= 4 is 21.7 Å². The smallest absolute Gasteiger partial charge is 0.0794 e. The molecule has 2 heterocycles. The summed E-state index contributed by atoms with van der Waals surface area (Å²) in [5, 5.41) is 3.57. The highest BCUT2D eigenvalue weighted by molar-refractivity contribution is 6.19. The molecule has 2 aromatic heterocycles. The molecule has 2 aliphatic rings. The second kappa shape index (κ2) is 12.3. The lowest BCUT2D eigenvalue weighted by molar-refractivity contribution is 0.794. The lowest BCUT2D eigenvalue weighted by Gasteiger charge is -2.30. The van der Waals surface area contributed by atoms with Gasteiger partial charge in [-0.3, -0.25) is 0 Å². The molecule has 0 amide bonds. The Morgan fingerprint density at radius 1 is 0.316 bits per heavy atom. The van der Waals surface area contributed by atoms with Gasteiger partial charge in [0.1, 0.15) is 0 Å². The molecule has 1 spiro atoms. The van der Waals surface area contributed by atoms with Crippen LogP contribution in [0.5, 0.6) is 0 Å². The summed E-state index contributed by atoms with van der Waals surface area (Å²) < 4.78 is 0. The molecular weight excluding hydrogens is 689 g/mol. The minimum atomic E-state index is -0.434. The molecule has 2 aliphatic carbocycles. The van der Waals surface area contributed by atoms with Crippen molar-refractivity contribution in [1.29, 1.82) is 0 Å². The van der Waals surface area contributed by atoms with Crippen LogP contribution in [0, 0.1) is 0 Å². The normalized spacial score (nSPS) is 13.1. The lowest BCUT2D eigenvalue weighted by Crippen LogP contribution is -2.25. The Balaban J connectivity index is 1.14. The second-order valence-corrected chi connectivity index (χ2v) is 15.2. The quantitative estimate of drug-likeness (QED) is 0.169. The number of hydrogen-bond acceptors (Lipinski definition) is 2. The van der Waals surface area contributed by atoms with Crippen LogP contribution in [-0.2, 0) is 5.41 Å². The Hall–Kier alpha value is -7.42. The average Bonchev–Trinajstić information content (AvgIpc) is 3.77. The van der Waals surface area contributed by atoms with Gasteiger partial charge in [-0.05, 0) is 85.3 Å². The topological polar surface area (TPSA) is 25.8 Å². The zero-order chi connectivity index (χ0) is 37.5. The van der Waals surface area contributed by atoms with Crippen molar-refractivity contribution in [3.05, 3.63) is 229 Å². The van der Waals surface area contributed by atoms with Gasteiger partial charge in [-0.15, -0.1) is 0 Å². The summed E-state index contributed by atoms with van der Waals surface area (Å²) in [6.45, 7) is 0. The van der Waals surface area contributed by atoms with Crippen LogP contribution in [0.4, 0.5) is 0 Å².